The molecule has 3 rings (SSSR count). The summed E-state index contributed by atoms with van der Waals surface area (Å²) in [6, 6.07) is 12.2. The quantitative estimate of drug-likeness (QED) is 0.924. The fraction of sp³-hybridized carbons (Fsp3) is 0.278. The standard InChI is InChI=1S/C18H19NO4S/c1-12-11-14(8-10-17(12)23-2)24(21,22)19-18(20)16-9-7-13-5-3-4-6-15(13)16/h3-6,8,10-11,16H,7,9H2,1-2H3,(H,19,20)/t16-/m0/s1. The van der Waals surface area contributed by atoms with E-state index < -0.39 is 21.8 Å². The second-order valence-corrected chi connectivity index (χ2v) is 7.57. The minimum atomic E-state index is -3.90. The van der Waals surface area contributed by atoms with Crippen LogP contribution in [0.15, 0.2) is 47.4 Å². The summed E-state index contributed by atoms with van der Waals surface area (Å²) in [6.07, 6.45) is 1.41. The van der Waals surface area contributed by atoms with Gasteiger partial charge in [0.1, 0.15) is 5.75 Å². The molecule has 1 atom stereocenters. The molecule has 2 aromatic rings. The molecule has 6 heteroatoms. The first-order valence-electron chi connectivity index (χ1n) is 7.71. The van der Waals surface area contributed by atoms with Crippen LogP contribution in [0.4, 0.5) is 0 Å². The number of fused-ring (bicyclic) bond motifs is 1. The highest BCUT2D eigenvalue weighted by Crippen LogP contribution is 2.33. The summed E-state index contributed by atoms with van der Waals surface area (Å²) in [5.41, 5.74) is 2.71. The lowest BCUT2D eigenvalue weighted by Gasteiger charge is -2.13. The Balaban J connectivity index is 1.82. The first kappa shape index (κ1) is 16.5. The highest BCUT2D eigenvalue weighted by molar-refractivity contribution is 7.90. The molecule has 24 heavy (non-hydrogen) atoms. The predicted molar refractivity (Wildman–Crippen MR) is 90.6 cm³/mol. The molecule has 0 radical (unpaired) electrons. The molecular formula is C18H19NO4S. The Labute approximate surface area is 141 Å². The third kappa shape index (κ3) is 3.01. The number of hydrogen-bond acceptors (Lipinski definition) is 4. The second-order valence-electron chi connectivity index (χ2n) is 5.89. The summed E-state index contributed by atoms with van der Waals surface area (Å²) in [5, 5.41) is 0. The van der Waals surface area contributed by atoms with E-state index in [1.807, 2.05) is 24.3 Å². The Kier molecular flexibility index (Phi) is 4.32. The number of hydrogen-bond donors (Lipinski definition) is 1. The molecule has 0 bridgehead atoms. The van der Waals surface area contributed by atoms with Crippen LogP contribution >= 0.6 is 0 Å². The lowest BCUT2D eigenvalue weighted by Crippen LogP contribution is -2.34. The van der Waals surface area contributed by atoms with Gasteiger partial charge in [-0.1, -0.05) is 24.3 Å². The molecule has 5 nitrogen and oxygen atoms in total. The van der Waals surface area contributed by atoms with Crippen LogP contribution in [0.3, 0.4) is 0 Å². The summed E-state index contributed by atoms with van der Waals surface area (Å²) >= 11 is 0. The normalized spacial score (nSPS) is 16.5. The lowest BCUT2D eigenvalue weighted by molar-refractivity contribution is -0.120. The van der Waals surface area contributed by atoms with Crippen LogP contribution in [0.25, 0.3) is 0 Å². The number of aryl methyl sites for hydroxylation is 2. The number of methoxy groups -OCH3 is 1. The third-order valence-electron chi connectivity index (χ3n) is 4.36. The molecule has 0 aromatic heterocycles. The van der Waals surface area contributed by atoms with Crippen molar-refractivity contribution in [2.45, 2.75) is 30.6 Å². The number of nitrogens with one attached hydrogen (secondary N) is 1. The average Bonchev–Trinajstić information content (AvgIpc) is 2.98. The molecule has 0 saturated heterocycles. The van der Waals surface area contributed by atoms with E-state index in [9.17, 15) is 13.2 Å². The van der Waals surface area contributed by atoms with Crippen LogP contribution in [0, 0.1) is 6.92 Å². The van der Waals surface area contributed by atoms with Gasteiger partial charge in [0, 0.05) is 0 Å². The average molecular weight is 345 g/mol. The monoisotopic (exact) mass is 345 g/mol. The van der Waals surface area contributed by atoms with E-state index in [1.165, 1.54) is 19.2 Å². The van der Waals surface area contributed by atoms with Gasteiger partial charge < -0.3 is 4.74 Å². The largest absolute Gasteiger partial charge is 0.496 e. The van der Waals surface area contributed by atoms with Gasteiger partial charge in [-0.15, -0.1) is 0 Å². The molecule has 126 valence electrons. The zero-order valence-corrected chi connectivity index (χ0v) is 14.4. The van der Waals surface area contributed by atoms with Gasteiger partial charge in [-0.3, -0.25) is 4.79 Å². The number of carbonyl (C=O) groups is 1. The van der Waals surface area contributed by atoms with Crippen molar-refractivity contribution in [1.29, 1.82) is 0 Å². The number of benzene rings is 2. The van der Waals surface area contributed by atoms with Crippen molar-refractivity contribution in [2.24, 2.45) is 0 Å². The van der Waals surface area contributed by atoms with Crippen LogP contribution in [0.2, 0.25) is 0 Å². The molecule has 1 amide bonds. The Morgan fingerprint density at radius 2 is 1.96 bits per heavy atom. The topological polar surface area (TPSA) is 72.5 Å². The molecule has 0 unspecified atom stereocenters. The molecule has 0 saturated carbocycles. The lowest BCUT2D eigenvalue weighted by atomic mass is 10.0. The van der Waals surface area contributed by atoms with Gasteiger partial charge in [0.25, 0.3) is 10.0 Å². The number of sulfonamides is 1. The van der Waals surface area contributed by atoms with Gasteiger partial charge in [-0.25, -0.2) is 13.1 Å². The Morgan fingerprint density at radius 1 is 1.21 bits per heavy atom. The maximum absolute atomic E-state index is 12.5. The van der Waals surface area contributed by atoms with Crippen molar-refractivity contribution >= 4 is 15.9 Å². The fourth-order valence-electron chi connectivity index (χ4n) is 3.11. The van der Waals surface area contributed by atoms with Crippen molar-refractivity contribution in [1.82, 2.24) is 4.72 Å². The van der Waals surface area contributed by atoms with Crippen molar-refractivity contribution < 1.29 is 17.9 Å². The molecule has 1 N–H and O–H groups in total. The van der Waals surface area contributed by atoms with E-state index in [2.05, 4.69) is 4.72 Å². The minimum absolute atomic E-state index is 0.0560. The molecule has 0 fully saturated rings. The smallest absolute Gasteiger partial charge is 0.264 e. The first-order valence-corrected chi connectivity index (χ1v) is 9.20. The van der Waals surface area contributed by atoms with E-state index in [1.54, 1.807) is 13.0 Å². The van der Waals surface area contributed by atoms with Crippen molar-refractivity contribution in [2.75, 3.05) is 7.11 Å². The molecule has 1 aliphatic carbocycles. The number of rotatable bonds is 4. The van der Waals surface area contributed by atoms with Gasteiger partial charge >= 0.3 is 0 Å². The van der Waals surface area contributed by atoms with Gasteiger partial charge in [-0.2, -0.15) is 0 Å². The number of amides is 1. The Bertz CT molecular complexity index is 890. The molecular weight excluding hydrogens is 326 g/mol. The van der Waals surface area contributed by atoms with Crippen LogP contribution in [-0.2, 0) is 21.2 Å². The summed E-state index contributed by atoms with van der Waals surface area (Å²) in [6.45, 7) is 1.76. The highest BCUT2D eigenvalue weighted by atomic mass is 32.2. The maximum Gasteiger partial charge on any atom is 0.264 e. The zero-order chi connectivity index (χ0) is 17.3. The number of carbonyl (C=O) groups excluding carboxylic acids is 1. The Hall–Kier alpha value is -2.34. The van der Waals surface area contributed by atoms with Crippen molar-refractivity contribution in [3.8, 4) is 5.75 Å². The van der Waals surface area contributed by atoms with Crippen LogP contribution < -0.4 is 9.46 Å². The zero-order valence-electron chi connectivity index (χ0n) is 13.6. The van der Waals surface area contributed by atoms with Gasteiger partial charge in [0.05, 0.1) is 17.9 Å². The van der Waals surface area contributed by atoms with Crippen molar-refractivity contribution in [3.05, 3.63) is 59.2 Å². The summed E-state index contributed by atoms with van der Waals surface area (Å²) in [7, 11) is -2.38. The second kappa shape index (κ2) is 6.28. The third-order valence-corrected chi connectivity index (χ3v) is 5.71. The summed E-state index contributed by atoms with van der Waals surface area (Å²) < 4.78 is 32.3. The van der Waals surface area contributed by atoms with Crippen molar-refractivity contribution in [3.63, 3.8) is 0 Å². The molecule has 0 heterocycles. The van der Waals surface area contributed by atoms with E-state index >= 15 is 0 Å². The SMILES string of the molecule is COc1ccc(S(=O)(=O)NC(=O)[C@H]2CCc3ccccc32)cc1C. The van der Waals surface area contributed by atoms with Gasteiger partial charge in [-0.05, 0) is 54.7 Å². The van der Waals surface area contributed by atoms with E-state index in [0.717, 1.165) is 17.5 Å². The molecule has 1 aliphatic rings. The number of ether oxygens (including phenoxy) is 1. The molecule has 0 aliphatic heterocycles. The summed E-state index contributed by atoms with van der Waals surface area (Å²) in [5.74, 6) is -0.297. The maximum atomic E-state index is 12.5. The van der Waals surface area contributed by atoms with Gasteiger partial charge in [0.15, 0.2) is 0 Å². The van der Waals surface area contributed by atoms with Crippen LogP contribution in [-0.4, -0.2) is 21.4 Å². The minimum Gasteiger partial charge on any atom is -0.496 e. The Morgan fingerprint density at radius 3 is 2.67 bits per heavy atom. The van der Waals surface area contributed by atoms with Crippen LogP contribution in [0.5, 0.6) is 5.75 Å². The van der Waals surface area contributed by atoms with Crippen LogP contribution in [0.1, 0.15) is 29.0 Å². The van der Waals surface area contributed by atoms with Gasteiger partial charge in [0.2, 0.25) is 5.91 Å². The first-order chi connectivity index (χ1) is 11.4. The fourth-order valence-corrected chi connectivity index (χ4v) is 4.21. The van der Waals surface area contributed by atoms with E-state index in [0.29, 0.717) is 17.7 Å². The molecule has 2 aromatic carbocycles. The highest BCUT2D eigenvalue weighted by Gasteiger charge is 2.31. The van der Waals surface area contributed by atoms with E-state index in [4.69, 9.17) is 4.74 Å². The van der Waals surface area contributed by atoms with E-state index in [-0.39, 0.29) is 4.90 Å². The predicted octanol–water partition coefficient (Wildman–Crippen LogP) is 2.54. The summed E-state index contributed by atoms with van der Waals surface area (Å²) in [4.78, 5) is 12.5. The molecule has 0 spiro atoms.